The van der Waals surface area contributed by atoms with E-state index in [4.69, 9.17) is 0 Å². The van der Waals surface area contributed by atoms with E-state index in [1.54, 1.807) is 0 Å². The molecule has 0 radical (unpaired) electrons. The third-order valence-electron chi connectivity index (χ3n) is 5.02. The summed E-state index contributed by atoms with van der Waals surface area (Å²) in [6.45, 7) is 13.6. The minimum atomic E-state index is 0. The molecule has 27 heavy (non-hydrogen) atoms. The van der Waals surface area contributed by atoms with Crippen LogP contribution < -0.4 is 0 Å². The van der Waals surface area contributed by atoms with Crippen LogP contribution in [0.25, 0.3) is 21.5 Å². The summed E-state index contributed by atoms with van der Waals surface area (Å²) in [4.78, 5) is 0. The van der Waals surface area contributed by atoms with Gasteiger partial charge in [-0.2, -0.15) is 6.08 Å². The van der Waals surface area contributed by atoms with Gasteiger partial charge in [0.25, 0.3) is 0 Å². The normalized spacial score (nSPS) is 13.6. The Balaban J connectivity index is 0.000000379. The maximum atomic E-state index is 2.99. The van der Waals surface area contributed by atoms with Crippen molar-refractivity contribution in [2.45, 2.75) is 58.8 Å². The van der Waals surface area contributed by atoms with Crippen LogP contribution in [0.1, 0.15) is 59.1 Å². The Hall–Kier alpha value is -1.34. The van der Waals surface area contributed by atoms with Gasteiger partial charge in [-0.3, -0.25) is 6.08 Å². The number of fused-ring (bicyclic) bond motifs is 3. The molecule has 0 nitrogen and oxygen atoms in total. The van der Waals surface area contributed by atoms with Crippen LogP contribution in [0.2, 0.25) is 0 Å². The molecule has 0 heterocycles. The van der Waals surface area contributed by atoms with E-state index in [0.717, 1.165) is 6.42 Å². The Bertz CT molecular complexity index is 891. The largest absolute Gasteiger partial charge is 4.00 e. The fraction of sp³-hybridized carbons (Fsp3) is 0.346. The van der Waals surface area contributed by atoms with Crippen LogP contribution >= 0.6 is 0 Å². The van der Waals surface area contributed by atoms with Gasteiger partial charge in [-0.1, -0.05) is 76.9 Å². The molecule has 0 N–H and O–H groups in total. The molecule has 0 fully saturated rings. The molecule has 136 valence electrons. The van der Waals surface area contributed by atoms with Crippen molar-refractivity contribution in [1.29, 1.82) is 0 Å². The molecule has 3 aromatic carbocycles. The fourth-order valence-corrected chi connectivity index (χ4v) is 3.30. The van der Waals surface area contributed by atoms with Gasteiger partial charge >= 0.3 is 25.8 Å². The first kappa shape index (κ1) is 22.0. The zero-order valence-corrected chi connectivity index (χ0v) is 21.1. The molecule has 1 aliphatic carbocycles. The Morgan fingerprint density at radius 3 is 1.56 bits per heavy atom. The molecule has 0 atom stereocenters. The second-order valence-corrected chi connectivity index (χ2v) is 9.25. The van der Waals surface area contributed by atoms with Crippen LogP contribution in [0, 0.1) is 6.08 Å². The van der Waals surface area contributed by atoms with Crippen molar-refractivity contribution < 1.29 is 25.8 Å². The van der Waals surface area contributed by atoms with E-state index in [2.05, 4.69) is 96.2 Å². The molecule has 1 heteroatoms. The van der Waals surface area contributed by atoms with Crippen LogP contribution in [0.3, 0.4) is 0 Å². The molecule has 0 spiro atoms. The zero-order valence-electron chi connectivity index (χ0n) is 17.5. The fourth-order valence-electron chi connectivity index (χ4n) is 3.30. The average Bonchev–Trinajstić information content (AvgIpc) is 3.23. The molecule has 1 aliphatic rings. The summed E-state index contributed by atoms with van der Waals surface area (Å²) in [7, 11) is 0. The van der Waals surface area contributed by atoms with Crippen molar-refractivity contribution in [3.8, 4) is 0 Å². The van der Waals surface area contributed by atoms with Crippen LogP contribution in [0.4, 0.5) is 0 Å². The van der Waals surface area contributed by atoms with E-state index in [9.17, 15) is 0 Å². The molecule has 0 bridgehead atoms. The average molecular weight is 521 g/mol. The Labute approximate surface area is 183 Å². The second-order valence-electron chi connectivity index (χ2n) is 9.25. The topological polar surface area (TPSA) is 0 Å². The predicted molar refractivity (Wildman–Crippen MR) is 116 cm³/mol. The Morgan fingerprint density at radius 1 is 0.778 bits per heavy atom. The van der Waals surface area contributed by atoms with E-state index < -0.39 is 0 Å². The summed E-state index contributed by atoms with van der Waals surface area (Å²) < 4.78 is 0. The van der Waals surface area contributed by atoms with Crippen LogP contribution in [-0.4, -0.2) is 0 Å². The third kappa shape index (κ3) is 5.13. The molecule has 0 unspecified atom stereocenters. The maximum Gasteiger partial charge on any atom is 4.00 e. The molecule has 0 saturated carbocycles. The Kier molecular flexibility index (Phi) is 6.79. The van der Waals surface area contributed by atoms with Crippen LogP contribution in [-0.2, 0) is 36.7 Å². The Morgan fingerprint density at radius 2 is 1.26 bits per heavy atom. The summed E-state index contributed by atoms with van der Waals surface area (Å²) >= 11 is 0. The van der Waals surface area contributed by atoms with E-state index in [-0.39, 0.29) is 36.7 Å². The van der Waals surface area contributed by atoms with Gasteiger partial charge in [-0.25, -0.2) is 12.2 Å². The first-order valence-corrected chi connectivity index (χ1v) is 9.52. The number of hydrogen-bond acceptors (Lipinski definition) is 0. The molecule has 0 saturated heterocycles. The summed E-state index contributed by atoms with van der Waals surface area (Å²) in [5, 5.41) is 5.48. The quantitative estimate of drug-likeness (QED) is 0.211. The molecule has 0 aromatic heterocycles. The number of hydrogen-bond donors (Lipinski definition) is 0. The zero-order chi connectivity index (χ0) is 18.9. The van der Waals surface area contributed by atoms with E-state index in [0.29, 0.717) is 0 Å². The minimum absolute atomic E-state index is 0. The van der Waals surface area contributed by atoms with Crippen molar-refractivity contribution in [3.63, 3.8) is 0 Å². The van der Waals surface area contributed by atoms with E-state index in [1.807, 2.05) is 12.2 Å². The van der Waals surface area contributed by atoms with Crippen molar-refractivity contribution in [1.82, 2.24) is 0 Å². The first-order chi connectivity index (χ1) is 12.2. The van der Waals surface area contributed by atoms with Gasteiger partial charge in [0.2, 0.25) is 0 Å². The van der Waals surface area contributed by atoms with Gasteiger partial charge in [0, 0.05) is 0 Å². The SMILES string of the molecule is CC(C)(C)c1ccc2c(c1)[cH-]c1cc(C(C)(C)C)ccc12.[C-]1=CC=CC1.[Hf+4]. The number of benzene rings is 2. The molecule has 4 rings (SSSR count). The third-order valence-corrected chi connectivity index (χ3v) is 5.02. The summed E-state index contributed by atoms with van der Waals surface area (Å²) in [5.74, 6) is 0. The van der Waals surface area contributed by atoms with Gasteiger partial charge in [-0.05, 0) is 10.8 Å². The predicted octanol–water partition coefficient (Wildman–Crippen LogP) is 7.61. The summed E-state index contributed by atoms with van der Waals surface area (Å²) in [6, 6.07) is 16.2. The van der Waals surface area contributed by atoms with Crippen LogP contribution in [0.5, 0.6) is 0 Å². The molecule has 0 amide bonds. The second kappa shape index (κ2) is 8.35. The summed E-state index contributed by atoms with van der Waals surface area (Å²) in [6.07, 6.45) is 10.0. The first-order valence-electron chi connectivity index (χ1n) is 9.52. The van der Waals surface area contributed by atoms with Gasteiger partial charge in [0.05, 0.1) is 0 Å². The molecule has 3 aromatic rings. The van der Waals surface area contributed by atoms with Crippen LogP contribution in [0.15, 0.2) is 60.7 Å². The van der Waals surface area contributed by atoms with E-state index >= 15 is 0 Å². The maximum absolute atomic E-state index is 2.99. The van der Waals surface area contributed by atoms with Crippen molar-refractivity contribution in [2.24, 2.45) is 0 Å². The van der Waals surface area contributed by atoms with Gasteiger partial charge in [-0.15, -0.1) is 46.2 Å². The van der Waals surface area contributed by atoms with Gasteiger partial charge in [0.1, 0.15) is 0 Å². The van der Waals surface area contributed by atoms with Crippen molar-refractivity contribution in [3.05, 3.63) is 77.9 Å². The van der Waals surface area contributed by atoms with Crippen molar-refractivity contribution in [2.75, 3.05) is 0 Å². The standard InChI is InChI=1S/C21H25.C5H5.Hf/c1-20(2,3)16-7-9-18-14(12-16)11-15-13-17(21(4,5)6)8-10-19(15)18;1-2-4-5-3-1;/h7-13H,1-6H3;1-3H,4H2;/q2*-1;+4. The van der Waals surface area contributed by atoms with E-state index in [1.165, 1.54) is 32.7 Å². The molecular formula is C26H30Hf+2. The molecular weight excluding hydrogens is 491 g/mol. The number of allylic oxidation sites excluding steroid dienone is 4. The van der Waals surface area contributed by atoms with Gasteiger partial charge < -0.3 is 0 Å². The monoisotopic (exact) mass is 522 g/mol. The van der Waals surface area contributed by atoms with Crippen molar-refractivity contribution >= 4 is 21.5 Å². The summed E-state index contributed by atoms with van der Waals surface area (Å²) in [5.41, 5.74) is 3.21. The number of rotatable bonds is 0. The smallest absolute Gasteiger partial charge is 0.273 e. The van der Waals surface area contributed by atoms with Gasteiger partial charge in [0.15, 0.2) is 0 Å². The minimum Gasteiger partial charge on any atom is -0.273 e. The molecule has 0 aliphatic heterocycles.